The number of likely N-dealkylation sites (tertiary alicyclic amines) is 1. The summed E-state index contributed by atoms with van der Waals surface area (Å²) in [6.07, 6.45) is 1.35. The van der Waals surface area contributed by atoms with E-state index in [-0.39, 0.29) is 17.6 Å². The van der Waals surface area contributed by atoms with Crippen molar-refractivity contribution >= 4 is 17.5 Å². The lowest BCUT2D eigenvalue weighted by molar-refractivity contribution is -0.126. The van der Waals surface area contributed by atoms with Crippen molar-refractivity contribution in [2.45, 2.75) is 25.4 Å². The molecule has 1 amide bonds. The number of piperidine rings is 1. The molecule has 0 saturated carbocycles. The number of benzene rings is 2. The molecule has 3 rings (SSSR count). The Balaban J connectivity index is 1.40. The fraction of sp³-hybridized carbons (Fsp3) is 0.409. The molecule has 1 aliphatic rings. The molecule has 1 atom stereocenters. The first kappa shape index (κ1) is 20.8. The van der Waals surface area contributed by atoms with Crippen molar-refractivity contribution in [3.8, 4) is 0 Å². The number of hydrogen-bond acceptors (Lipinski definition) is 3. The van der Waals surface area contributed by atoms with Gasteiger partial charge in [-0.15, -0.1) is 0 Å². The minimum absolute atomic E-state index is 0.0302. The fourth-order valence-corrected chi connectivity index (χ4v) is 3.89. The Bertz CT molecular complexity index is 794. The number of aliphatic hydroxyl groups is 1. The van der Waals surface area contributed by atoms with Gasteiger partial charge in [-0.1, -0.05) is 48.0 Å². The van der Waals surface area contributed by atoms with Gasteiger partial charge in [0.05, 0.1) is 6.10 Å². The smallest absolute Gasteiger partial charge is 0.223 e. The maximum atomic E-state index is 13.6. The number of rotatable bonds is 7. The van der Waals surface area contributed by atoms with Gasteiger partial charge < -0.3 is 15.3 Å². The molecule has 0 aromatic heterocycles. The minimum Gasteiger partial charge on any atom is -0.387 e. The summed E-state index contributed by atoms with van der Waals surface area (Å²) in [6.45, 7) is 2.45. The molecule has 2 aromatic rings. The summed E-state index contributed by atoms with van der Waals surface area (Å²) in [5.74, 6) is -0.237. The second-order valence-corrected chi connectivity index (χ2v) is 7.65. The molecule has 2 aromatic carbocycles. The van der Waals surface area contributed by atoms with E-state index in [9.17, 15) is 14.3 Å². The molecule has 4 nitrogen and oxygen atoms in total. The van der Waals surface area contributed by atoms with Crippen LogP contribution in [-0.2, 0) is 11.2 Å². The molecule has 150 valence electrons. The van der Waals surface area contributed by atoms with Crippen LogP contribution in [0.5, 0.6) is 0 Å². The van der Waals surface area contributed by atoms with Gasteiger partial charge in [0.1, 0.15) is 5.82 Å². The Morgan fingerprint density at radius 2 is 1.86 bits per heavy atom. The molecule has 2 N–H and O–H groups in total. The number of aliphatic hydroxyl groups excluding tert-OH is 1. The van der Waals surface area contributed by atoms with Gasteiger partial charge in [0.25, 0.3) is 0 Å². The van der Waals surface area contributed by atoms with E-state index in [2.05, 4.69) is 10.2 Å². The minimum atomic E-state index is -0.639. The Morgan fingerprint density at radius 3 is 2.57 bits per heavy atom. The van der Waals surface area contributed by atoms with Gasteiger partial charge in [-0.3, -0.25) is 4.79 Å². The van der Waals surface area contributed by atoms with E-state index in [0.717, 1.165) is 31.5 Å². The quantitative estimate of drug-likeness (QED) is 0.741. The first-order valence-corrected chi connectivity index (χ1v) is 10.1. The Morgan fingerprint density at radius 1 is 1.18 bits per heavy atom. The van der Waals surface area contributed by atoms with Crippen molar-refractivity contribution in [3.63, 3.8) is 0 Å². The molecule has 0 spiro atoms. The molecular weight excluding hydrogens is 379 g/mol. The highest BCUT2D eigenvalue weighted by Gasteiger charge is 2.26. The Labute approximate surface area is 170 Å². The molecule has 1 aliphatic heterocycles. The van der Waals surface area contributed by atoms with Gasteiger partial charge in [0, 0.05) is 29.6 Å². The second-order valence-electron chi connectivity index (χ2n) is 7.24. The summed E-state index contributed by atoms with van der Waals surface area (Å²) in [5.41, 5.74) is 1.35. The highest BCUT2D eigenvalue weighted by molar-refractivity contribution is 6.31. The van der Waals surface area contributed by atoms with E-state index < -0.39 is 6.10 Å². The van der Waals surface area contributed by atoms with Gasteiger partial charge in [-0.05, 0) is 50.0 Å². The fourth-order valence-electron chi connectivity index (χ4n) is 3.63. The Hall–Kier alpha value is -1.95. The summed E-state index contributed by atoms with van der Waals surface area (Å²) >= 11 is 6.15. The van der Waals surface area contributed by atoms with Crippen molar-refractivity contribution in [1.29, 1.82) is 0 Å². The van der Waals surface area contributed by atoms with Gasteiger partial charge >= 0.3 is 0 Å². The second kappa shape index (κ2) is 10.0. The topological polar surface area (TPSA) is 52.6 Å². The van der Waals surface area contributed by atoms with E-state index in [4.69, 9.17) is 11.6 Å². The number of halogens is 2. The van der Waals surface area contributed by atoms with Gasteiger partial charge in [-0.25, -0.2) is 4.39 Å². The molecule has 6 heteroatoms. The number of amides is 1. The third-order valence-corrected chi connectivity index (χ3v) is 5.65. The number of carbonyl (C=O) groups is 1. The van der Waals surface area contributed by atoms with Crippen LogP contribution in [0.4, 0.5) is 4.39 Å². The van der Waals surface area contributed by atoms with Crippen molar-refractivity contribution in [1.82, 2.24) is 10.2 Å². The summed E-state index contributed by atoms with van der Waals surface area (Å²) in [7, 11) is 0. The molecule has 28 heavy (non-hydrogen) atoms. The first-order valence-electron chi connectivity index (χ1n) is 9.70. The zero-order valence-electron chi connectivity index (χ0n) is 15.8. The standard InChI is InChI=1S/C22H26ClFN2O2/c23-19-7-3-2-6-18(19)21(27)15-26-13-10-17(11-14-26)22(28)25-12-9-16-5-1-4-8-20(16)24/h1-8,17,21,27H,9-15H2,(H,25,28). The van der Waals surface area contributed by atoms with Crippen molar-refractivity contribution in [2.75, 3.05) is 26.2 Å². The van der Waals surface area contributed by atoms with E-state index >= 15 is 0 Å². The molecule has 1 fully saturated rings. The first-order chi connectivity index (χ1) is 13.5. The number of carbonyl (C=O) groups excluding carboxylic acids is 1. The summed E-state index contributed by atoms with van der Waals surface area (Å²) < 4.78 is 13.6. The molecular formula is C22H26ClFN2O2. The SMILES string of the molecule is O=C(NCCc1ccccc1F)C1CCN(CC(O)c2ccccc2Cl)CC1. The zero-order valence-corrected chi connectivity index (χ0v) is 16.5. The van der Waals surface area contributed by atoms with Gasteiger partial charge in [-0.2, -0.15) is 0 Å². The molecule has 0 bridgehead atoms. The molecule has 1 unspecified atom stereocenters. The van der Waals surface area contributed by atoms with Crippen LogP contribution in [0.2, 0.25) is 5.02 Å². The third-order valence-electron chi connectivity index (χ3n) is 5.31. The summed E-state index contributed by atoms with van der Waals surface area (Å²) in [6, 6.07) is 14.0. The van der Waals surface area contributed by atoms with Crippen molar-refractivity contribution in [3.05, 3.63) is 70.5 Å². The van der Waals surface area contributed by atoms with Crippen LogP contribution in [-0.4, -0.2) is 42.1 Å². The number of nitrogens with one attached hydrogen (secondary N) is 1. The van der Waals surface area contributed by atoms with Crippen LogP contribution in [0.1, 0.15) is 30.1 Å². The monoisotopic (exact) mass is 404 g/mol. The van der Waals surface area contributed by atoms with Crippen LogP contribution in [0.15, 0.2) is 48.5 Å². The average molecular weight is 405 g/mol. The van der Waals surface area contributed by atoms with E-state index in [1.165, 1.54) is 6.07 Å². The highest BCUT2D eigenvalue weighted by Crippen LogP contribution is 2.25. The molecule has 1 saturated heterocycles. The maximum Gasteiger partial charge on any atom is 0.223 e. The predicted octanol–water partition coefficient (Wildman–Crippen LogP) is 3.58. The van der Waals surface area contributed by atoms with Gasteiger partial charge in [0.15, 0.2) is 0 Å². The number of hydrogen-bond donors (Lipinski definition) is 2. The molecule has 0 aliphatic carbocycles. The van der Waals surface area contributed by atoms with Crippen molar-refractivity contribution < 1.29 is 14.3 Å². The van der Waals surface area contributed by atoms with Crippen LogP contribution in [0.3, 0.4) is 0 Å². The Kier molecular flexibility index (Phi) is 7.43. The lowest BCUT2D eigenvalue weighted by atomic mass is 9.95. The van der Waals surface area contributed by atoms with Crippen LogP contribution in [0.25, 0.3) is 0 Å². The summed E-state index contributed by atoms with van der Waals surface area (Å²) in [4.78, 5) is 14.5. The van der Waals surface area contributed by atoms with Crippen LogP contribution >= 0.6 is 11.6 Å². The lowest BCUT2D eigenvalue weighted by Crippen LogP contribution is -2.42. The van der Waals surface area contributed by atoms with E-state index in [1.807, 2.05) is 18.2 Å². The van der Waals surface area contributed by atoms with Crippen molar-refractivity contribution in [2.24, 2.45) is 5.92 Å². The molecule has 0 radical (unpaired) electrons. The van der Waals surface area contributed by atoms with E-state index in [0.29, 0.717) is 30.1 Å². The van der Waals surface area contributed by atoms with Crippen LogP contribution in [0, 0.1) is 11.7 Å². The summed E-state index contributed by atoms with van der Waals surface area (Å²) in [5, 5.41) is 13.9. The lowest BCUT2D eigenvalue weighted by Gasteiger charge is -2.32. The highest BCUT2D eigenvalue weighted by atomic mass is 35.5. The van der Waals surface area contributed by atoms with E-state index in [1.54, 1.807) is 24.3 Å². The number of β-amino-alcohol motifs (C(OH)–C–C–N with tert-alkyl or cyclic N) is 1. The third kappa shape index (κ3) is 5.53. The van der Waals surface area contributed by atoms with Gasteiger partial charge in [0.2, 0.25) is 5.91 Å². The predicted molar refractivity (Wildman–Crippen MR) is 109 cm³/mol. The largest absolute Gasteiger partial charge is 0.387 e. The molecule has 1 heterocycles. The average Bonchev–Trinajstić information content (AvgIpc) is 2.70. The normalized spacial score (nSPS) is 16.7. The number of nitrogens with zero attached hydrogens (tertiary/aromatic N) is 1. The van der Waals surface area contributed by atoms with Crippen LogP contribution < -0.4 is 5.32 Å². The zero-order chi connectivity index (χ0) is 19.9. The maximum absolute atomic E-state index is 13.6.